The van der Waals surface area contributed by atoms with E-state index in [1.165, 1.54) is 11.8 Å². The van der Waals surface area contributed by atoms with Gasteiger partial charge in [-0.05, 0) is 24.6 Å². The lowest BCUT2D eigenvalue weighted by Gasteiger charge is -2.16. The monoisotopic (exact) mass is 371 g/mol. The van der Waals surface area contributed by atoms with Gasteiger partial charge in [-0.1, -0.05) is 29.8 Å². The Hall–Kier alpha value is -2.38. The highest BCUT2D eigenvalue weighted by Gasteiger charge is 2.31. The van der Waals surface area contributed by atoms with Crippen LogP contribution in [0.1, 0.15) is 22.1 Å². The number of anilines is 1. The van der Waals surface area contributed by atoms with Crippen LogP contribution < -0.4 is 5.32 Å². The first-order valence-corrected chi connectivity index (χ1v) is 9.10. The zero-order valence-corrected chi connectivity index (χ0v) is 14.9. The molecule has 0 saturated heterocycles. The van der Waals surface area contributed by atoms with Crippen molar-refractivity contribution in [2.45, 2.75) is 12.2 Å². The summed E-state index contributed by atoms with van der Waals surface area (Å²) >= 11 is 7.95. The van der Waals surface area contributed by atoms with Gasteiger partial charge in [0.25, 0.3) is 5.95 Å². The van der Waals surface area contributed by atoms with E-state index in [1.54, 1.807) is 23.1 Å². The van der Waals surface area contributed by atoms with Crippen molar-refractivity contribution in [3.05, 3.63) is 64.6 Å². The minimum atomic E-state index is -0.0971. The maximum atomic E-state index is 12.3. The molecular weight excluding hydrogens is 358 g/mol. The molecule has 3 aromatic rings. The molecule has 1 atom stereocenters. The summed E-state index contributed by atoms with van der Waals surface area (Å²) in [6, 6.07) is 9.42. The first-order valence-electron chi connectivity index (χ1n) is 7.68. The lowest BCUT2D eigenvalue weighted by atomic mass is 10.0. The highest BCUT2D eigenvalue weighted by atomic mass is 35.5. The second-order valence-corrected chi connectivity index (χ2v) is 7.07. The number of carbonyl (C=O) groups excluding carboxylic acids is 1. The van der Waals surface area contributed by atoms with Gasteiger partial charge >= 0.3 is 0 Å². The zero-order valence-electron chi connectivity index (χ0n) is 13.3. The molecule has 0 bridgehead atoms. The van der Waals surface area contributed by atoms with Crippen molar-refractivity contribution in [3.8, 4) is 5.95 Å². The molecule has 0 fully saturated rings. The van der Waals surface area contributed by atoms with Crippen LogP contribution in [-0.4, -0.2) is 31.4 Å². The summed E-state index contributed by atoms with van der Waals surface area (Å²) in [7, 11) is 0. The van der Waals surface area contributed by atoms with Crippen molar-refractivity contribution in [1.29, 1.82) is 0 Å². The minimum absolute atomic E-state index is 0.0853. The summed E-state index contributed by atoms with van der Waals surface area (Å²) in [5.74, 6) is 1.26. The fraction of sp³-hybridized carbons (Fsp3) is 0.176. The Labute approximate surface area is 153 Å². The highest BCUT2D eigenvalue weighted by Crippen LogP contribution is 2.45. The van der Waals surface area contributed by atoms with Crippen molar-refractivity contribution < 1.29 is 4.79 Å². The van der Waals surface area contributed by atoms with Gasteiger partial charge in [0.05, 0.1) is 16.7 Å². The quantitative estimate of drug-likeness (QED) is 0.747. The van der Waals surface area contributed by atoms with Crippen LogP contribution in [-0.2, 0) is 4.79 Å². The Balaban J connectivity index is 1.92. The van der Waals surface area contributed by atoms with E-state index in [0.29, 0.717) is 22.5 Å². The minimum Gasteiger partial charge on any atom is -0.309 e. The van der Waals surface area contributed by atoms with E-state index < -0.39 is 0 Å². The normalized spacial score (nSPS) is 16.9. The number of halogens is 1. The van der Waals surface area contributed by atoms with Crippen molar-refractivity contribution in [3.63, 3.8) is 0 Å². The fourth-order valence-electron chi connectivity index (χ4n) is 2.86. The molecule has 0 aliphatic carbocycles. The predicted molar refractivity (Wildman–Crippen MR) is 98.3 cm³/mol. The third kappa shape index (κ3) is 2.89. The number of fused-ring (bicyclic) bond motifs is 1. The Kier molecular flexibility index (Phi) is 4.19. The Morgan fingerprint density at radius 3 is 2.76 bits per heavy atom. The van der Waals surface area contributed by atoms with Crippen LogP contribution in [0.2, 0.25) is 5.02 Å². The van der Waals surface area contributed by atoms with E-state index in [1.807, 2.05) is 31.2 Å². The molecule has 0 radical (unpaired) electrons. The van der Waals surface area contributed by atoms with Crippen LogP contribution in [0.25, 0.3) is 5.95 Å². The molecular formula is C17H14ClN5OS. The van der Waals surface area contributed by atoms with Gasteiger partial charge in [-0.15, -0.1) is 11.8 Å². The summed E-state index contributed by atoms with van der Waals surface area (Å²) in [5, 5.41) is 8.08. The second kappa shape index (κ2) is 6.50. The molecule has 4 rings (SSSR count). The van der Waals surface area contributed by atoms with Crippen molar-refractivity contribution in [2.24, 2.45) is 0 Å². The Bertz CT molecular complexity index is 943. The molecule has 1 N–H and O–H groups in total. The number of amides is 1. The lowest BCUT2D eigenvalue weighted by Crippen LogP contribution is -2.16. The Morgan fingerprint density at radius 2 is 2.00 bits per heavy atom. The lowest BCUT2D eigenvalue weighted by molar-refractivity contribution is -0.113. The van der Waals surface area contributed by atoms with E-state index in [2.05, 4.69) is 20.4 Å². The largest absolute Gasteiger partial charge is 0.309 e. The van der Waals surface area contributed by atoms with Crippen LogP contribution in [0.4, 0.5) is 5.82 Å². The standard InChI is InChI=1S/C17H14ClN5OS/c1-10-14-15(11-5-2-3-6-12(11)18)25-9-13(24)21-16(14)23(22-10)17-19-7-4-8-20-17/h2-8,15H,9H2,1H3,(H,21,24). The Morgan fingerprint density at radius 1 is 1.24 bits per heavy atom. The van der Waals surface area contributed by atoms with Gasteiger partial charge < -0.3 is 5.32 Å². The average molecular weight is 372 g/mol. The van der Waals surface area contributed by atoms with Gasteiger partial charge in [0, 0.05) is 23.0 Å². The smallest absolute Gasteiger partial charge is 0.252 e. The number of aromatic nitrogens is 4. The van der Waals surface area contributed by atoms with Crippen LogP contribution in [0.15, 0.2) is 42.7 Å². The molecule has 1 unspecified atom stereocenters. The van der Waals surface area contributed by atoms with Gasteiger partial charge in [0.1, 0.15) is 5.82 Å². The number of nitrogens with zero attached hydrogens (tertiary/aromatic N) is 4. The topological polar surface area (TPSA) is 72.7 Å². The predicted octanol–water partition coefficient (Wildman–Crippen LogP) is 3.40. The average Bonchev–Trinajstić information content (AvgIpc) is 2.83. The molecule has 0 spiro atoms. The molecule has 2 aromatic heterocycles. The molecule has 1 amide bonds. The third-order valence-corrected chi connectivity index (χ3v) is 5.53. The highest BCUT2D eigenvalue weighted by molar-refractivity contribution is 8.00. The number of thioether (sulfide) groups is 1. The molecule has 25 heavy (non-hydrogen) atoms. The van der Waals surface area contributed by atoms with Crippen LogP contribution in [0.5, 0.6) is 0 Å². The molecule has 0 saturated carbocycles. The van der Waals surface area contributed by atoms with E-state index >= 15 is 0 Å². The summed E-state index contributed by atoms with van der Waals surface area (Å²) in [5.41, 5.74) is 2.70. The maximum absolute atomic E-state index is 12.3. The van der Waals surface area contributed by atoms with E-state index in [9.17, 15) is 4.79 Å². The maximum Gasteiger partial charge on any atom is 0.252 e. The molecule has 3 heterocycles. The second-order valence-electron chi connectivity index (χ2n) is 5.57. The van der Waals surface area contributed by atoms with Gasteiger partial charge in [-0.3, -0.25) is 4.79 Å². The molecule has 1 aromatic carbocycles. The van der Waals surface area contributed by atoms with Gasteiger partial charge in [0.15, 0.2) is 0 Å². The van der Waals surface area contributed by atoms with Crippen LogP contribution >= 0.6 is 23.4 Å². The molecule has 1 aliphatic heterocycles. The number of nitrogens with one attached hydrogen (secondary N) is 1. The number of hydrogen-bond acceptors (Lipinski definition) is 5. The van der Waals surface area contributed by atoms with Gasteiger partial charge in [-0.25, -0.2) is 9.97 Å². The van der Waals surface area contributed by atoms with Crippen LogP contribution in [0.3, 0.4) is 0 Å². The number of carbonyl (C=O) groups is 1. The zero-order chi connectivity index (χ0) is 17.4. The summed E-state index contributed by atoms with van der Waals surface area (Å²) < 4.78 is 1.58. The van der Waals surface area contributed by atoms with Crippen molar-refractivity contribution >= 4 is 35.1 Å². The van der Waals surface area contributed by atoms with Gasteiger partial charge in [0.2, 0.25) is 5.91 Å². The molecule has 126 valence electrons. The fourth-order valence-corrected chi connectivity index (χ4v) is 4.40. The summed E-state index contributed by atoms with van der Waals surface area (Å²) in [6.45, 7) is 1.92. The van der Waals surface area contributed by atoms with E-state index in [-0.39, 0.29) is 11.2 Å². The SMILES string of the molecule is Cc1nn(-c2ncccn2)c2c1C(c1ccccc1Cl)SCC(=O)N2. The number of rotatable bonds is 2. The first-order chi connectivity index (χ1) is 12.1. The molecule has 6 nitrogen and oxygen atoms in total. The van der Waals surface area contributed by atoms with Gasteiger partial charge in [-0.2, -0.15) is 9.78 Å². The van der Waals surface area contributed by atoms with Crippen LogP contribution in [0, 0.1) is 6.92 Å². The van der Waals surface area contributed by atoms with Crippen molar-refractivity contribution in [1.82, 2.24) is 19.7 Å². The number of hydrogen-bond donors (Lipinski definition) is 1. The molecule has 1 aliphatic rings. The third-order valence-electron chi connectivity index (χ3n) is 3.94. The molecule has 8 heteroatoms. The van der Waals surface area contributed by atoms with Crippen molar-refractivity contribution in [2.75, 3.05) is 11.1 Å². The number of aryl methyl sites for hydroxylation is 1. The summed E-state index contributed by atoms with van der Waals surface area (Å²) in [4.78, 5) is 20.7. The number of benzene rings is 1. The van der Waals surface area contributed by atoms with E-state index in [0.717, 1.165) is 16.8 Å². The first kappa shape index (κ1) is 16.1. The van der Waals surface area contributed by atoms with E-state index in [4.69, 9.17) is 11.6 Å². The summed E-state index contributed by atoms with van der Waals surface area (Å²) in [6.07, 6.45) is 3.29.